The van der Waals surface area contributed by atoms with Gasteiger partial charge in [-0.05, 0) is 24.0 Å². The Hall–Kier alpha value is -1.49. The average Bonchev–Trinajstić information content (AvgIpc) is 2.42. The van der Waals surface area contributed by atoms with Crippen LogP contribution in [0.25, 0.3) is 0 Å². The van der Waals surface area contributed by atoms with Crippen LogP contribution in [0.5, 0.6) is 0 Å². The van der Waals surface area contributed by atoms with Crippen LogP contribution in [0.1, 0.15) is 45.3 Å². The lowest BCUT2D eigenvalue weighted by atomic mass is 9.90. The molecule has 0 bridgehead atoms. The van der Waals surface area contributed by atoms with Gasteiger partial charge in [0.05, 0.1) is 5.56 Å². The van der Waals surface area contributed by atoms with E-state index >= 15 is 0 Å². The summed E-state index contributed by atoms with van der Waals surface area (Å²) in [7, 11) is 0. The predicted octanol–water partition coefficient (Wildman–Crippen LogP) is 3.19. The number of hydrogen-bond acceptors (Lipinski definition) is 2. The van der Waals surface area contributed by atoms with Crippen molar-refractivity contribution in [1.82, 2.24) is 5.32 Å². The molecule has 0 saturated heterocycles. The third-order valence-corrected chi connectivity index (χ3v) is 3.74. The van der Waals surface area contributed by atoms with E-state index in [2.05, 4.69) is 5.32 Å². The van der Waals surface area contributed by atoms with Crippen molar-refractivity contribution in [3.63, 3.8) is 0 Å². The lowest BCUT2D eigenvalue weighted by molar-refractivity contribution is -0.122. The van der Waals surface area contributed by atoms with Gasteiger partial charge in [-0.1, -0.05) is 33.3 Å². The van der Waals surface area contributed by atoms with E-state index in [9.17, 15) is 18.7 Å². The Kier molecular flexibility index (Phi) is 6.75. The first-order valence-electron chi connectivity index (χ1n) is 7.25. The SMILES string of the molecule is CCC(CC(=O)NCC(O)c1c(F)cccc1F)C(C)C. The van der Waals surface area contributed by atoms with Crippen molar-refractivity contribution in [3.05, 3.63) is 35.4 Å². The first-order valence-corrected chi connectivity index (χ1v) is 7.25. The monoisotopic (exact) mass is 299 g/mol. The summed E-state index contributed by atoms with van der Waals surface area (Å²) in [5, 5.41) is 12.4. The normalized spacial score (nSPS) is 14.0. The van der Waals surface area contributed by atoms with Crippen molar-refractivity contribution in [1.29, 1.82) is 0 Å². The maximum atomic E-state index is 13.5. The molecule has 1 aromatic rings. The van der Waals surface area contributed by atoms with Crippen molar-refractivity contribution in [2.75, 3.05) is 6.54 Å². The Morgan fingerprint density at radius 3 is 2.33 bits per heavy atom. The fourth-order valence-corrected chi connectivity index (χ4v) is 2.30. The van der Waals surface area contributed by atoms with Gasteiger partial charge in [0, 0.05) is 13.0 Å². The molecule has 0 aliphatic carbocycles. The van der Waals surface area contributed by atoms with E-state index in [4.69, 9.17) is 0 Å². The minimum Gasteiger partial charge on any atom is -0.386 e. The minimum atomic E-state index is -1.39. The molecule has 21 heavy (non-hydrogen) atoms. The summed E-state index contributed by atoms with van der Waals surface area (Å²) < 4.78 is 27.0. The van der Waals surface area contributed by atoms with Crippen molar-refractivity contribution < 1.29 is 18.7 Å². The average molecular weight is 299 g/mol. The maximum Gasteiger partial charge on any atom is 0.220 e. The number of halogens is 2. The Bertz CT molecular complexity index is 457. The molecule has 2 unspecified atom stereocenters. The van der Waals surface area contributed by atoms with Gasteiger partial charge in [0.1, 0.15) is 17.7 Å². The Labute approximate surface area is 124 Å². The highest BCUT2D eigenvalue weighted by molar-refractivity contribution is 5.76. The van der Waals surface area contributed by atoms with Crippen molar-refractivity contribution in [2.24, 2.45) is 11.8 Å². The lowest BCUT2D eigenvalue weighted by Crippen LogP contribution is -2.31. The maximum absolute atomic E-state index is 13.5. The first-order chi connectivity index (χ1) is 9.86. The second kappa shape index (κ2) is 8.08. The third kappa shape index (κ3) is 5.08. The highest BCUT2D eigenvalue weighted by Gasteiger charge is 2.20. The van der Waals surface area contributed by atoms with E-state index in [1.165, 1.54) is 6.07 Å². The molecule has 0 aliphatic rings. The summed E-state index contributed by atoms with van der Waals surface area (Å²) in [5.74, 6) is -1.20. The number of aliphatic hydroxyl groups excluding tert-OH is 1. The van der Waals surface area contributed by atoms with E-state index in [1.807, 2.05) is 20.8 Å². The molecule has 0 spiro atoms. The van der Waals surface area contributed by atoms with Crippen molar-refractivity contribution >= 4 is 5.91 Å². The number of carbonyl (C=O) groups is 1. The third-order valence-electron chi connectivity index (χ3n) is 3.74. The highest BCUT2D eigenvalue weighted by Crippen LogP contribution is 2.21. The fourth-order valence-electron chi connectivity index (χ4n) is 2.30. The van der Waals surface area contributed by atoms with E-state index in [0.717, 1.165) is 18.6 Å². The van der Waals surface area contributed by atoms with Crippen LogP contribution in [-0.2, 0) is 4.79 Å². The Balaban J connectivity index is 2.57. The van der Waals surface area contributed by atoms with Gasteiger partial charge in [0.2, 0.25) is 5.91 Å². The van der Waals surface area contributed by atoms with Gasteiger partial charge >= 0.3 is 0 Å². The number of hydrogen-bond donors (Lipinski definition) is 2. The quantitative estimate of drug-likeness (QED) is 0.812. The van der Waals surface area contributed by atoms with E-state index in [0.29, 0.717) is 12.3 Å². The minimum absolute atomic E-state index is 0.203. The van der Waals surface area contributed by atoms with E-state index in [1.54, 1.807) is 0 Å². The molecule has 0 saturated carbocycles. The van der Waals surface area contributed by atoms with Crippen LogP contribution in [0.15, 0.2) is 18.2 Å². The molecule has 1 rings (SSSR count). The molecule has 3 nitrogen and oxygen atoms in total. The zero-order chi connectivity index (χ0) is 16.0. The van der Waals surface area contributed by atoms with Crippen LogP contribution in [0.3, 0.4) is 0 Å². The van der Waals surface area contributed by atoms with Crippen LogP contribution in [0, 0.1) is 23.5 Å². The first kappa shape index (κ1) is 17.6. The van der Waals surface area contributed by atoms with E-state index in [-0.39, 0.29) is 18.4 Å². The summed E-state index contributed by atoms with van der Waals surface area (Å²) in [4.78, 5) is 11.8. The van der Waals surface area contributed by atoms with Crippen LogP contribution < -0.4 is 5.32 Å². The Morgan fingerprint density at radius 1 is 1.29 bits per heavy atom. The molecule has 2 N–H and O–H groups in total. The summed E-state index contributed by atoms with van der Waals surface area (Å²) in [5.41, 5.74) is -0.409. The smallest absolute Gasteiger partial charge is 0.220 e. The van der Waals surface area contributed by atoms with Crippen molar-refractivity contribution in [2.45, 2.75) is 39.7 Å². The van der Waals surface area contributed by atoms with Crippen LogP contribution >= 0.6 is 0 Å². The van der Waals surface area contributed by atoms with Gasteiger partial charge in [0.15, 0.2) is 0 Å². The number of rotatable bonds is 7. The summed E-state index contributed by atoms with van der Waals surface area (Å²) in [6.07, 6.45) is -0.162. The zero-order valence-electron chi connectivity index (χ0n) is 12.7. The predicted molar refractivity (Wildman–Crippen MR) is 77.6 cm³/mol. The van der Waals surface area contributed by atoms with Gasteiger partial charge in [-0.2, -0.15) is 0 Å². The van der Waals surface area contributed by atoms with Gasteiger partial charge in [-0.25, -0.2) is 8.78 Å². The summed E-state index contributed by atoms with van der Waals surface area (Å²) in [6, 6.07) is 3.39. The van der Waals surface area contributed by atoms with Crippen molar-refractivity contribution in [3.8, 4) is 0 Å². The molecule has 0 aromatic heterocycles. The van der Waals surface area contributed by atoms with Gasteiger partial charge < -0.3 is 10.4 Å². The number of nitrogens with one attached hydrogen (secondary N) is 1. The number of amides is 1. The van der Waals surface area contributed by atoms with E-state index < -0.39 is 23.3 Å². The second-order valence-electron chi connectivity index (χ2n) is 5.57. The summed E-state index contributed by atoms with van der Waals surface area (Å²) in [6.45, 7) is 5.91. The highest BCUT2D eigenvalue weighted by atomic mass is 19.1. The Morgan fingerprint density at radius 2 is 1.86 bits per heavy atom. The van der Waals surface area contributed by atoms with Gasteiger partial charge in [-0.3, -0.25) is 4.79 Å². The topological polar surface area (TPSA) is 49.3 Å². The van der Waals surface area contributed by atoms with Crippen LogP contribution in [0.4, 0.5) is 8.78 Å². The number of benzene rings is 1. The second-order valence-corrected chi connectivity index (χ2v) is 5.57. The van der Waals surface area contributed by atoms with Crippen LogP contribution in [-0.4, -0.2) is 17.6 Å². The molecule has 1 aromatic carbocycles. The molecule has 2 atom stereocenters. The molecule has 1 amide bonds. The fraction of sp³-hybridized carbons (Fsp3) is 0.562. The number of aliphatic hydroxyl groups is 1. The molecular formula is C16H23F2NO2. The summed E-state index contributed by atoms with van der Waals surface area (Å²) >= 11 is 0. The van der Waals surface area contributed by atoms with Gasteiger partial charge in [-0.15, -0.1) is 0 Å². The molecular weight excluding hydrogens is 276 g/mol. The van der Waals surface area contributed by atoms with Gasteiger partial charge in [0.25, 0.3) is 0 Å². The molecule has 0 heterocycles. The largest absolute Gasteiger partial charge is 0.386 e. The molecule has 5 heteroatoms. The molecule has 0 fully saturated rings. The zero-order valence-corrected chi connectivity index (χ0v) is 12.7. The molecule has 118 valence electrons. The standard InChI is InChI=1S/C16H23F2NO2/c1-4-11(10(2)3)8-15(21)19-9-14(20)16-12(17)6-5-7-13(16)18/h5-7,10-11,14,20H,4,8-9H2,1-3H3,(H,19,21). The molecule has 0 radical (unpaired) electrons. The molecule has 0 aliphatic heterocycles. The lowest BCUT2D eigenvalue weighted by Gasteiger charge is -2.19. The number of carbonyl (C=O) groups excluding carboxylic acids is 1. The van der Waals surface area contributed by atoms with Crippen LogP contribution in [0.2, 0.25) is 0 Å².